The van der Waals surface area contributed by atoms with E-state index in [-0.39, 0.29) is 5.91 Å². The molecule has 0 fully saturated rings. The molecule has 3 N–H and O–H groups in total. The molecule has 22 heavy (non-hydrogen) atoms. The van der Waals surface area contributed by atoms with Gasteiger partial charge in [0.2, 0.25) is 0 Å². The van der Waals surface area contributed by atoms with Crippen LogP contribution in [0, 0.1) is 0 Å². The van der Waals surface area contributed by atoms with Gasteiger partial charge in [-0.05, 0) is 29.2 Å². The van der Waals surface area contributed by atoms with Gasteiger partial charge in [-0.3, -0.25) is 4.79 Å². The maximum absolute atomic E-state index is 12.2. The Morgan fingerprint density at radius 2 is 1.91 bits per heavy atom. The zero-order valence-corrected chi connectivity index (χ0v) is 12.8. The Labute approximate surface area is 130 Å². The lowest BCUT2D eigenvalue weighted by molar-refractivity contribution is -0.123. The zero-order valence-electron chi connectivity index (χ0n) is 12.8. The molecule has 114 valence electrons. The number of nitrogen functional groups attached to an aromatic ring is 1. The standard InChI is InChI=1S/C18H20N2O2/c1-11(2)13-5-3-12(4-6-13)9-17-18(21)20-15-8-7-14(19)10-16(15)22-17/h3-8,10-11,17H,9,19H2,1-2H3,(H,20,21). The SMILES string of the molecule is CC(C)c1ccc(CC2Oc3cc(N)ccc3NC2=O)cc1. The monoisotopic (exact) mass is 296 g/mol. The van der Waals surface area contributed by atoms with Crippen LogP contribution >= 0.6 is 0 Å². The van der Waals surface area contributed by atoms with Crippen molar-refractivity contribution in [3.63, 3.8) is 0 Å². The molecule has 0 saturated heterocycles. The quantitative estimate of drug-likeness (QED) is 0.854. The molecule has 0 saturated carbocycles. The molecule has 2 aromatic carbocycles. The average molecular weight is 296 g/mol. The first-order valence-corrected chi connectivity index (χ1v) is 7.49. The average Bonchev–Trinajstić information content (AvgIpc) is 2.49. The number of rotatable bonds is 3. The lowest BCUT2D eigenvalue weighted by atomic mass is 9.99. The number of fused-ring (bicyclic) bond motifs is 1. The molecule has 4 heteroatoms. The van der Waals surface area contributed by atoms with Crippen LogP contribution in [0.4, 0.5) is 11.4 Å². The van der Waals surface area contributed by atoms with Crippen molar-refractivity contribution in [2.45, 2.75) is 32.3 Å². The molecule has 1 aliphatic rings. The van der Waals surface area contributed by atoms with E-state index in [0.29, 0.717) is 29.5 Å². The Morgan fingerprint density at radius 3 is 2.59 bits per heavy atom. The summed E-state index contributed by atoms with van der Waals surface area (Å²) in [6.07, 6.45) is 0.0116. The van der Waals surface area contributed by atoms with Gasteiger partial charge in [-0.1, -0.05) is 38.1 Å². The molecule has 0 radical (unpaired) electrons. The van der Waals surface area contributed by atoms with E-state index in [1.165, 1.54) is 5.56 Å². The van der Waals surface area contributed by atoms with Crippen LogP contribution in [0.5, 0.6) is 5.75 Å². The van der Waals surface area contributed by atoms with Crippen LogP contribution in [0.15, 0.2) is 42.5 Å². The van der Waals surface area contributed by atoms with Crippen LogP contribution in [0.25, 0.3) is 0 Å². The number of carbonyl (C=O) groups excluding carboxylic acids is 1. The number of anilines is 2. The van der Waals surface area contributed by atoms with Crippen molar-refractivity contribution in [1.82, 2.24) is 0 Å². The molecule has 4 nitrogen and oxygen atoms in total. The second-order valence-corrected chi connectivity index (χ2v) is 5.95. The van der Waals surface area contributed by atoms with E-state index in [0.717, 1.165) is 5.56 Å². The smallest absolute Gasteiger partial charge is 0.265 e. The predicted octanol–water partition coefficient (Wildman–Crippen LogP) is 3.33. The fourth-order valence-electron chi connectivity index (χ4n) is 2.55. The van der Waals surface area contributed by atoms with Crippen LogP contribution in [0.3, 0.4) is 0 Å². The third kappa shape index (κ3) is 2.91. The first kappa shape index (κ1) is 14.4. The van der Waals surface area contributed by atoms with Gasteiger partial charge in [-0.15, -0.1) is 0 Å². The predicted molar refractivity (Wildman–Crippen MR) is 88.1 cm³/mol. The summed E-state index contributed by atoms with van der Waals surface area (Å²) in [5.41, 5.74) is 9.43. The fraction of sp³-hybridized carbons (Fsp3) is 0.278. The minimum Gasteiger partial charge on any atom is -0.478 e. The molecule has 1 unspecified atom stereocenters. The van der Waals surface area contributed by atoms with Gasteiger partial charge in [0.1, 0.15) is 5.75 Å². The summed E-state index contributed by atoms with van der Waals surface area (Å²) in [6.45, 7) is 4.32. The van der Waals surface area contributed by atoms with Crippen LogP contribution in [-0.2, 0) is 11.2 Å². The van der Waals surface area contributed by atoms with E-state index < -0.39 is 6.10 Å². The van der Waals surface area contributed by atoms with E-state index >= 15 is 0 Å². The van der Waals surface area contributed by atoms with Gasteiger partial charge in [0.15, 0.2) is 6.10 Å². The topological polar surface area (TPSA) is 64.3 Å². The van der Waals surface area contributed by atoms with Crippen molar-refractivity contribution in [2.24, 2.45) is 0 Å². The Balaban J connectivity index is 1.76. The molecule has 1 aliphatic heterocycles. The molecular formula is C18H20N2O2. The summed E-state index contributed by atoms with van der Waals surface area (Å²) in [6, 6.07) is 13.6. The van der Waals surface area contributed by atoms with Crippen LogP contribution < -0.4 is 15.8 Å². The van der Waals surface area contributed by atoms with Crippen molar-refractivity contribution in [1.29, 1.82) is 0 Å². The van der Waals surface area contributed by atoms with E-state index in [9.17, 15) is 4.79 Å². The van der Waals surface area contributed by atoms with Crippen molar-refractivity contribution < 1.29 is 9.53 Å². The Bertz CT molecular complexity index is 693. The molecule has 0 aliphatic carbocycles. The van der Waals surface area contributed by atoms with E-state index in [2.05, 4.69) is 43.4 Å². The molecule has 0 aromatic heterocycles. The van der Waals surface area contributed by atoms with E-state index in [1.54, 1.807) is 18.2 Å². The summed E-state index contributed by atoms with van der Waals surface area (Å²) in [7, 11) is 0. The van der Waals surface area contributed by atoms with E-state index in [1.807, 2.05) is 0 Å². The largest absolute Gasteiger partial charge is 0.478 e. The lowest BCUT2D eigenvalue weighted by Crippen LogP contribution is -2.38. The van der Waals surface area contributed by atoms with Gasteiger partial charge < -0.3 is 15.8 Å². The summed E-state index contributed by atoms with van der Waals surface area (Å²) < 4.78 is 5.81. The molecule has 0 bridgehead atoms. The van der Waals surface area contributed by atoms with Gasteiger partial charge >= 0.3 is 0 Å². The van der Waals surface area contributed by atoms with E-state index in [4.69, 9.17) is 10.5 Å². The highest BCUT2D eigenvalue weighted by molar-refractivity contribution is 5.98. The van der Waals surface area contributed by atoms with Gasteiger partial charge in [-0.25, -0.2) is 0 Å². The van der Waals surface area contributed by atoms with Gasteiger partial charge in [0, 0.05) is 18.2 Å². The number of hydrogen-bond donors (Lipinski definition) is 2. The van der Waals surface area contributed by atoms with Gasteiger partial charge in [0.25, 0.3) is 5.91 Å². The maximum Gasteiger partial charge on any atom is 0.265 e. The van der Waals surface area contributed by atoms with Gasteiger partial charge in [0.05, 0.1) is 5.69 Å². The summed E-state index contributed by atoms with van der Waals surface area (Å²) >= 11 is 0. The summed E-state index contributed by atoms with van der Waals surface area (Å²) in [5.74, 6) is 1.01. The highest BCUT2D eigenvalue weighted by atomic mass is 16.5. The Hall–Kier alpha value is -2.49. The first-order valence-electron chi connectivity index (χ1n) is 7.49. The zero-order chi connectivity index (χ0) is 15.7. The third-order valence-electron chi connectivity index (χ3n) is 3.89. The number of ether oxygens (including phenoxy) is 1. The Kier molecular flexibility index (Phi) is 3.75. The number of carbonyl (C=O) groups is 1. The highest BCUT2D eigenvalue weighted by Gasteiger charge is 2.27. The molecule has 1 heterocycles. The molecule has 2 aromatic rings. The van der Waals surface area contributed by atoms with Crippen molar-refractivity contribution in [3.05, 3.63) is 53.6 Å². The molecular weight excluding hydrogens is 276 g/mol. The number of nitrogens with two attached hydrogens (primary N) is 1. The molecule has 3 rings (SSSR count). The second kappa shape index (κ2) is 5.72. The highest BCUT2D eigenvalue weighted by Crippen LogP contribution is 2.32. The van der Waals surface area contributed by atoms with Crippen molar-refractivity contribution in [3.8, 4) is 5.75 Å². The molecule has 0 spiro atoms. The van der Waals surface area contributed by atoms with Crippen molar-refractivity contribution >= 4 is 17.3 Å². The van der Waals surface area contributed by atoms with Crippen LogP contribution in [-0.4, -0.2) is 12.0 Å². The molecule has 1 atom stereocenters. The number of amides is 1. The first-order chi connectivity index (χ1) is 10.5. The second-order valence-electron chi connectivity index (χ2n) is 5.95. The minimum absolute atomic E-state index is 0.120. The van der Waals surface area contributed by atoms with Crippen LogP contribution in [0.2, 0.25) is 0 Å². The lowest BCUT2D eigenvalue weighted by Gasteiger charge is -2.26. The summed E-state index contributed by atoms with van der Waals surface area (Å²) in [5, 5.41) is 2.87. The third-order valence-corrected chi connectivity index (χ3v) is 3.89. The Morgan fingerprint density at radius 1 is 1.18 bits per heavy atom. The van der Waals surface area contributed by atoms with Crippen molar-refractivity contribution in [2.75, 3.05) is 11.1 Å². The normalized spacial score (nSPS) is 16.9. The molecule has 1 amide bonds. The number of benzene rings is 2. The maximum atomic E-state index is 12.2. The minimum atomic E-state index is -0.529. The fourth-order valence-corrected chi connectivity index (χ4v) is 2.55. The van der Waals surface area contributed by atoms with Gasteiger partial charge in [-0.2, -0.15) is 0 Å². The number of hydrogen-bond acceptors (Lipinski definition) is 3. The summed E-state index contributed by atoms with van der Waals surface area (Å²) in [4.78, 5) is 12.2. The van der Waals surface area contributed by atoms with Crippen LogP contribution in [0.1, 0.15) is 30.9 Å². The number of nitrogens with one attached hydrogen (secondary N) is 1.